The first kappa shape index (κ1) is 29.0. The Morgan fingerprint density at radius 1 is 1.24 bits per heavy atom. The van der Waals surface area contributed by atoms with Crippen LogP contribution in [-0.2, 0) is 31.3 Å². The zero-order valence-corrected chi connectivity index (χ0v) is 23.9. The molecule has 9 heteroatoms. The lowest BCUT2D eigenvalue weighted by molar-refractivity contribution is -0.150. The molecule has 0 radical (unpaired) electrons. The second-order valence-electron chi connectivity index (χ2n) is 11.7. The highest BCUT2D eigenvalue weighted by molar-refractivity contribution is 6.09. The summed E-state index contributed by atoms with van der Waals surface area (Å²) in [5, 5.41) is 9.68. The van der Waals surface area contributed by atoms with Crippen molar-refractivity contribution in [2.45, 2.75) is 57.5 Å². The average molecular weight is 564 g/mol. The quantitative estimate of drug-likeness (QED) is 0.349. The molecule has 41 heavy (non-hydrogen) atoms. The minimum atomic E-state index is -1.77. The van der Waals surface area contributed by atoms with Gasteiger partial charge in [0.25, 0.3) is 5.91 Å². The summed E-state index contributed by atoms with van der Waals surface area (Å²) in [6.45, 7) is 9.55. The fraction of sp³-hybridized carbons (Fsp3) is 0.469. The molecule has 3 amide bonds. The predicted molar refractivity (Wildman–Crippen MR) is 154 cm³/mol. The number of fused-ring (bicyclic) bond motifs is 2. The van der Waals surface area contributed by atoms with Crippen molar-refractivity contribution in [2.24, 2.45) is 11.8 Å². The minimum absolute atomic E-state index is 0.000270. The summed E-state index contributed by atoms with van der Waals surface area (Å²) in [4.78, 5) is 44.9. The molecule has 4 atom stereocenters. The van der Waals surface area contributed by atoms with Gasteiger partial charge in [-0.05, 0) is 37.6 Å². The Labute approximate surface area is 240 Å². The highest BCUT2D eigenvalue weighted by Gasteiger charge is 2.66. The molecule has 2 saturated heterocycles. The molecule has 2 fully saturated rings. The number of aliphatic hydroxyl groups is 1. The normalized spacial score (nSPS) is 25.4. The SMILES string of the molecule is C=CCN1C(=O)[C@@]2(O[C@@H](CC(=O)N(CCO)Cc3ccccc3)[C@H](C(C)(C)F)[C@H]2C)c2cc(N3CCC3=O)ccc21. The smallest absolute Gasteiger partial charge is 0.264 e. The van der Waals surface area contributed by atoms with Crippen molar-refractivity contribution in [2.75, 3.05) is 36.0 Å². The van der Waals surface area contributed by atoms with Crippen LogP contribution in [-0.4, -0.2) is 65.7 Å². The predicted octanol–water partition coefficient (Wildman–Crippen LogP) is 3.96. The first-order valence-electron chi connectivity index (χ1n) is 14.2. The van der Waals surface area contributed by atoms with Crippen LogP contribution >= 0.6 is 0 Å². The van der Waals surface area contributed by atoms with Gasteiger partial charge in [-0.2, -0.15) is 0 Å². The van der Waals surface area contributed by atoms with E-state index < -0.39 is 29.2 Å². The summed E-state index contributed by atoms with van der Waals surface area (Å²) < 4.78 is 22.7. The van der Waals surface area contributed by atoms with Crippen molar-refractivity contribution >= 4 is 29.1 Å². The van der Waals surface area contributed by atoms with Crippen LogP contribution in [0.2, 0.25) is 0 Å². The third-order valence-corrected chi connectivity index (χ3v) is 8.73. The second kappa shape index (κ2) is 11.0. The van der Waals surface area contributed by atoms with Gasteiger partial charge in [0.2, 0.25) is 11.8 Å². The van der Waals surface area contributed by atoms with Gasteiger partial charge in [0.15, 0.2) is 5.60 Å². The molecule has 0 aliphatic carbocycles. The lowest BCUT2D eigenvalue weighted by Crippen LogP contribution is -2.46. The van der Waals surface area contributed by atoms with E-state index in [0.29, 0.717) is 36.4 Å². The van der Waals surface area contributed by atoms with Gasteiger partial charge in [-0.15, -0.1) is 6.58 Å². The maximum absolute atomic E-state index is 16.0. The maximum atomic E-state index is 16.0. The van der Waals surface area contributed by atoms with Crippen LogP contribution in [0, 0.1) is 11.8 Å². The lowest BCUT2D eigenvalue weighted by atomic mass is 9.71. The zero-order chi connectivity index (χ0) is 29.5. The third-order valence-electron chi connectivity index (χ3n) is 8.73. The van der Waals surface area contributed by atoms with Gasteiger partial charge < -0.3 is 24.5 Å². The first-order valence-corrected chi connectivity index (χ1v) is 14.2. The number of nitrogens with zero attached hydrogens (tertiary/aromatic N) is 3. The Hall–Kier alpha value is -3.56. The number of ether oxygens (including phenoxy) is 1. The third kappa shape index (κ3) is 4.95. The van der Waals surface area contributed by atoms with E-state index in [4.69, 9.17) is 4.74 Å². The van der Waals surface area contributed by atoms with E-state index in [9.17, 15) is 19.5 Å². The van der Waals surface area contributed by atoms with E-state index in [1.807, 2.05) is 49.4 Å². The number of hydrogen-bond acceptors (Lipinski definition) is 5. The summed E-state index contributed by atoms with van der Waals surface area (Å²) >= 11 is 0. The molecule has 0 aromatic heterocycles. The number of alkyl halides is 1. The molecule has 3 heterocycles. The molecular formula is C32H38FN3O5. The van der Waals surface area contributed by atoms with Crippen molar-refractivity contribution < 1.29 is 28.6 Å². The minimum Gasteiger partial charge on any atom is -0.395 e. The second-order valence-corrected chi connectivity index (χ2v) is 11.7. The Balaban J connectivity index is 1.52. The largest absolute Gasteiger partial charge is 0.395 e. The van der Waals surface area contributed by atoms with Gasteiger partial charge in [0.05, 0.1) is 24.8 Å². The highest BCUT2D eigenvalue weighted by atomic mass is 19.1. The number of rotatable bonds is 10. The maximum Gasteiger partial charge on any atom is 0.264 e. The summed E-state index contributed by atoms with van der Waals surface area (Å²) in [5.41, 5.74) is -0.519. The van der Waals surface area contributed by atoms with E-state index in [2.05, 4.69) is 6.58 Å². The van der Waals surface area contributed by atoms with Gasteiger partial charge in [0.1, 0.15) is 5.67 Å². The summed E-state index contributed by atoms with van der Waals surface area (Å²) in [5.74, 6) is -2.02. The number of amides is 3. The van der Waals surface area contributed by atoms with Crippen molar-refractivity contribution in [1.82, 2.24) is 4.90 Å². The van der Waals surface area contributed by atoms with Crippen LogP contribution in [0.5, 0.6) is 0 Å². The standard InChI is InChI=1S/C32H38FN3O5/c1-5-14-36-25-12-11-23(35-15-13-27(35)38)18-24(25)32(30(36)40)21(2)29(31(3,4)33)26(41-32)19-28(39)34(16-17-37)20-22-9-7-6-8-10-22/h5-12,18,21,26,29,37H,1,13-17,19-20H2,2-4H3/t21-,26+,29-,32+/m1/s1. The van der Waals surface area contributed by atoms with Gasteiger partial charge in [-0.3, -0.25) is 14.4 Å². The Morgan fingerprint density at radius 3 is 2.56 bits per heavy atom. The van der Waals surface area contributed by atoms with Crippen LogP contribution < -0.4 is 9.80 Å². The molecule has 3 aliphatic rings. The van der Waals surface area contributed by atoms with Crippen LogP contribution in [0.3, 0.4) is 0 Å². The van der Waals surface area contributed by atoms with Crippen molar-refractivity contribution in [3.05, 3.63) is 72.3 Å². The van der Waals surface area contributed by atoms with Gasteiger partial charge >= 0.3 is 0 Å². The first-order chi connectivity index (χ1) is 19.5. The van der Waals surface area contributed by atoms with Gasteiger partial charge in [-0.25, -0.2) is 4.39 Å². The number of hydrogen-bond donors (Lipinski definition) is 1. The number of β-lactam (4-membered cyclic amide) rings is 1. The summed E-state index contributed by atoms with van der Waals surface area (Å²) in [6, 6.07) is 14.9. The molecule has 0 bridgehead atoms. The molecule has 2 aromatic rings. The lowest BCUT2D eigenvalue weighted by Gasteiger charge is -2.33. The molecule has 3 aliphatic heterocycles. The average Bonchev–Trinajstić information content (AvgIpc) is 3.34. The van der Waals surface area contributed by atoms with Crippen LogP contribution in [0.25, 0.3) is 0 Å². The number of carbonyl (C=O) groups excluding carboxylic acids is 3. The van der Waals surface area contributed by atoms with Crippen molar-refractivity contribution in [3.8, 4) is 0 Å². The topological polar surface area (TPSA) is 90.4 Å². The number of benzene rings is 2. The van der Waals surface area contributed by atoms with Gasteiger partial charge in [0, 0.05) is 55.7 Å². The molecule has 0 unspecified atom stereocenters. The molecule has 5 rings (SSSR count). The van der Waals surface area contributed by atoms with E-state index in [0.717, 1.165) is 5.56 Å². The van der Waals surface area contributed by atoms with Crippen LogP contribution in [0.1, 0.15) is 44.7 Å². The van der Waals surface area contributed by atoms with Crippen molar-refractivity contribution in [1.29, 1.82) is 0 Å². The Morgan fingerprint density at radius 2 is 1.98 bits per heavy atom. The van der Waals surface area contributed by atoms with Gasteiger partial charge in [-0.1, -0.05) is 43.3 Å². The number of carbonyl (C=O) groups is 3. The number of aliphatic hydroxyl groups excluding tert-OH is 1. The fourth-order valence-electron chi connectivity index (χ4n) is 6.82. The molecule has 8 nitrogen and oxygen atoms in total. The van der Waals surface area contributed by atoms with Crippen LogP contribution in [0.4, 0.5) is 15.8 Å². The fourth-order valence-corrected chi connectivity index (χ4v) is 6.82. The number of halogens is 1. The monoisotopic (exact) mass is 563 g/mol. The Kier molecular flexibility index (Phi) is 7.78. The van der Waals surface area contributed by atoms with E-state index >= 15 is 4.39 Å². The molecule has 1 spiro atoms. The molecule has 1 N–H and O–H groups in total. The molecular weight excluding hydrogens is 525 g/mol. The highest BCUT2D eigenvalue weighted by Crippen LogP contribution is 2.59. The summed E-state index contributed by atoms with van der Waals surface area (Å²) in [7, 11) is 0. The number of anilines is 2. The Bertz CT molecular complexity index is 1340. The van der Waals surface area contributed by atoms with E-state index in [1.54, 1.807) is 26.8 Å². The summed E-state index contributed by atoms with van der Waals surface area (Å²) in [6.07, 6.45) is 1.04. The van der Waals surface area contributed by atoms with E-state index in [1.165, 1.54) is 13.8 Å². The molecule has 2 aromatic carbocycles. The van der Waals surface area contributed by atoms with Crippen LogP contribution in [0.15, 0.2) is 61.2 Å². The van der Waals surface area contributed by atoms with E-state index in [-0.39, 0.29) is 43.8 Å². The molecule has 218 valence electrons. The molecule has 0 saturated carbocycles. The zero-order valence-electron chi connectivity index (χ0n) is 23.9. The van der Waals surface area contributed by atoms with Crippen molar-refractivity contribution in [3.63, 3.8) is 0 Å².